The van der Waals surface area contributed by atoms with Crippen molar-refractivity contribution in [3.8, 4) is 56.4 Å². The maximum Gasteiger partial charge on any atom is 0.165 e. The van der Waals surface area contributed by atoms with Crippen LogP contribution in [0.25, 0.3) is 100 Å². The zero-order valence-corrected chi connectivity index (χ0v) is 26.5. The molecule has 234 valence electrons. The third-order valence-electron chi connectivity index (χ3n) is 9.10. The number of aromatic nitrogens is 5. The van der Waals surface area contributed by atoms with E-state index in [1.165, 1.54) is 0 Å². The third kappa shape index (κ3) is 4.64. The molecule has 0 aliphatic heterocycles. The van der Waals surface area contributed by atoms with E-state index in [0.29, 0.717) is 17.5 Å². The summed E-state index contributed by atoms with van der Waals surface area (Å²) >= 11 is 0. The molecule has 7 nitrogen and oxygen atoms in total. The van der Waals surface area contributed by atoms with E-state index < -0.39 is 0 Å². The highest BCUT2D eigenvalue weighted by atomic mass is 16.3. The topological polar surface area (TPSA) is 90.7 Å². The van der Waals surface area contributed by atoms with Crippen LogP contribution in [-0.2, 0) is 0 Å². The predicted molar refractivity (Wildman–Crippen MR) is 197 cm³/mol. The van der Waals surface area contributed by atoms with Crippen LogP contribution in [0.5, 0.6) is 0 Å². The largest absolute Gasteiger partial charge is 0.455 e. The Balaban J connectivity index is 1.26. The van der Waals surface area contributed by atoms with Gasteiger partial charge in [-0.2, -0.15) is 0 Å². The molecule has 0 aliphatic rings. The van der Waals surface area contributed by atoms with Crippen LogP contribution in [0.4, 0.5) is 0 Å². The maximum atomic E-state index is 6.52. The lowest BCUT2D eigenvalue weighted by atomic mass is 9.94. The molecule has 0 amide bonds. The van der Waals surface area contributed by atoms with Crippen LogP contribution in [0.15, 0.2) is 161 Å². The number of hydrogen-bond donors (Lipinski definition) is 0. The van der Waals surface area contributed by atoms with Gasteiger partial charge in [0.25, 0.3) is 0 Å². The molecule has 0 fully saturated rings. The number of nitrogens with zero attached hydrogens (tertiary/aromatic N) is 5. The molecule has 0 aliphatic carbocycles. The van der Waals surface area contributed by atoms with Gasteiger partial charge < -0.3 is 8.83 Å². The van der Waals surface area contributed by atoms with Crippen molar-refractivity contribution in [2.45, 2.75) is 0 Å². The summed E-state index contributed by atoms with van der Waals surface area (Å²) in [6.07, 6.45) is 7.00. The Morgan fingerprint density at radius 3 is 1.28 bits per heavy atom. The Labute approximate surface area is 285 Å². The third-order valence-corrected chi connectivity index (χ3v) is 9.10. The molecule has 0 N–H and O–H groups in total. The van der Waals surface area contributed by atoms with Gasteiger partial charge in [0.1, 0.15) is 22.3 Å². The quantitative estimate of drug-likeness (QED) is 0.184. The number of furan rings is 2. The van der Waals surface area contributed by atoms with E-state index in [4.69, 9.17) is 23.8 Å². The molecule has 5 aromatic heterocycles. The first-order valence-electron chi connectivity index (χ1n) is 16.3. The van der Waals surface area contributed by atoms with E-state index in [-0.39, 0.29) is 0 Å². The summed E-state index contributed by atoms with van der Waals surface area (Å²) in [6, 6.07) is 43.0. The van der Waals surface area contributed by atoms with E-state index in [2.05, 4.69) is 76.7 Å². The van der Waals surface area contributed by atoms with Gasteiger partial charge in [-0.3, -0.25) is 9.97 Å². The van der Waals surface area contributed by atoms with E-state index in [0.717, 1.165) is 82.8 Å². The summed E-state index contributed by atoms with van der Waals surface area (Å²) in [6.45, 7) is 0. The summed E-state index contributed by atoms with van der Waals surface area (Å²) in [5.74, 6) is 1.56. The first-order valence-corrected chi connectivity index (χ1v) is 16.3. The van der Waals surface area contributed by atoms with Crippen molar-refractivity contribution < 1.29 is 8.83 Å². The molecule has 0 radical (unpaired) electrons. The zero-order valence-electron chi connectivity index (χ0n) is 26.5. The first-order chi connectivity index (χ1) is 24.8. The molecule has 10 aromatic rings. The number of hydrogen-bond acceptors (Lipinski definition) is 7. The molecule has 50 heavy (non-hydrogen) atoms. The Kier molecular flexibility index (Phi) is 6.35. The monoisotopic (exact) mass is 643 g/mol. The molecule has 7 heteroatoms. The lowest BCUT2D eigenvalue weighted by Gasteiger charge is -2.13. The molecule has 0 bridgehead atoms. The minimum atomic E-state index is 0.521. The Morgan fingerprint density at radius 1 is 0.360 bits per heavy atom. The Morgan fingerprint density at radius 2 is 0.800 bits per heavy atom. The van der Waals surface area contributed by atoms with Gasteiger partial charge in [0, 0.05) is 74.1 Å². The van der Waals surface area contributed by atoms with Gasteiger partial charge in [-0.15, -0.1) is 0 Å². The van der Waals surface area contributed by atoms with E-state index >= 15 is 0 Å². The normalized spacial score (nSPS) is 11.6. The van der Waals surface area contributed by atoms with Gasteiger partial charge in [-0.25, -0.2) is 15.0 Å². The number of rotatable bonds is 5. The van der Waals surface area contributed by atoms with Gasteiger partial charge in [-0.1, -0.05) is 72.8 Å². The second-order valence-electron chi connectivity index (χ2n) is 12.1. The molecule has 0 saturated carbocycles. The van der Waals surface area contributed by atoms with Crippen LogP contribution >= 0.6 is 0 Å². The maximum absolute atomic E-state index is 6.52. The lowest BCUT2D eigenvalue weighted by Crippen LogP contribution is -2.01. The fraction of sp³-hybridized carbons (Fsp3) is 0. The Hall–Kier alpha value is -6.99. The second kappa shape index (κ2) is 11.3. The van der Waals surface area contributed by atoms with E-state index in [1.807, 2.05) is 60.7 Å². The highest BCUT2D eigenvalue weighted by molar-refractivity contribution is 6.11. The molecular formula is C43H25N5O2. The van der Waals surface area contributed by atoms with Crippen LogP contribution in [-0.4, -0.2) is 24.9 Å². The molecular weight excluding hydrogens is 619 g/mol. The zero-order chi connectivity index (χ0) is 33.0. The minimum absolute atomic E-state index is 0.521. The highest BCUT2D eigenvalue weighted by Gasteiger charge is 2.19. The van der Waals surface area contributed by atoms with Gasteiger partial charge in [0.05, 0.1) is 0 Å². The van der Waals surface area contributed by atoms with Crippen molar-refractivity contribution in [1.29, 1.82) is 0 Å². The number of fused-ring (bicyclic) bond motifs is 6. The van der Waals surface area contributed by atoms with Crippen molar-refractivity contribution in [2.24, 2.45) is 0 Å². The van der Waals surface area contributed by atoms with Crippen LogP contribution < -0.4 is 0 Å². The van der Waals surface area contributed by atoms with Crippen molar-refractivity contribution in [2.75, 3.05) is 0 Å². The minimum Gasteiger partial charge on any atom is -0.455 e. The number of para-hydroxylation sites is 4. The molecule has 0 spiro atoms. The molecule has 5 aromatic carbocycles. The van der Waals surface area contributed by atoms with Crippen molar-refractivity contribution in [3.63, 3.8) is 0 Å². The van der Waals surface area contributed by atoms with Gasteiger partial charge >= 0.3 is 0 Å². The van der Waals surface area contributed by atoms with E-state index in [1.54, 1.807) is 24.8 Å². The summed E-state index contributed by atoms with van der Waals surface area (Å²) in [7, 11) is 0. The fourth-order valence-electron chi connectivity index (χ4n) is 6.77. The number of pyridine rings is 2. The van der Waals surface area contributed by atoms with Crippen LogP contribution in [0, 0.1) is 0 Å². The number of benzene rings is 5. The van der Waals surface area contributed by atoms with Crippen LogP contribution in [0.1, 0.15) is 0 Å². The lowest BCUT2D eigenvalue weighted by molar-refractivity contribution is 0.670. The average molecular weight is 644 g/mol. The van der Waals surface area contributed by atoms with Gasteiger partial charge in [0.15, 0.2) is 17.5 Å². The fourth-order valence-corrected chi connectivity index (χ4v) is 6.77. The SMILES string of the molecule is c1cncc(-c2nc(-c3cccnc3)nc(-c3cc(-c4cccc5c4oc4ccccc45)cc(-c4cccc5c4oc4ccccc45)c3)n2)c1. The first kappa shape index (κ1) is 28.1. The van der Waals surface area contributed by atoms with Crippen LogP contribution in [0.3, 0.4) is 0 Å². The second-order valence-corrected chi connectivity index (χ2v) is 12.1. The summed E-state index contributed by atoms with van der Waals surface area (Å²) in [4.78, 5) is 23.6. The standard InChI is InChI=1S/C43H25N5O2/c1-3-17-37-33(11-1)35-15-5-13-31(39(35)49-37)28-21-29(32-14-6-16-36-34-12-2-4-18-38(34)50-40(32)36)23-30(22-28)43-47-41(26-9-7-19-44-24-26)46-42(48-43)27-10-8-20-45-25-27/h1-25H. The predicted octanol–water partition coefficient (Wildman–Crippen LogP) is 10.8. The smallest absolute Gasteiger partial charge is 0.165 e. The molecule has 5 heterocycles. The molecule has 0 saturated heterocycles. The molecule has 0 atom stereocenters. The molecule has 10 rings (SSSR count). The highest BCUT2D eigenvalue weighted by Crippen LogP contribution is 2.41. The van der Waals surface area contributed by atoms with Crippen molar-refractivity contribution in [3.05, 3.63) is 152 Å². The summed E-state index contributed by atoms with van der Waals surface area (Å²) in [5, 5.41) is 4.27. The summed E-state index contributed by atoms with van der Waals surface area (Å²) in [5.41, 5.74) is 9.58. The van der Waals surface area contributed by atoms with Crippen molar-refractivity contribution in [1.82, 2.24) is 24.9 Å². The summed E-state index contributed by atoms with van der Waals surface area (Å²) < 4.78 is 13.0. The van der Waals surface area contributed by atoms with Crippen LogP contribution in [0.2, 0.25) is 0 Å². The Bertz CT molecular complexity index is 2690. The van der Waals surface area contributed by atoms with E-state index in [9.17, 15) is 0 Å². The molecule has 0 unspecified atom stereocenters. The average Bonchev–Trinajstić information content (AvgIpc) is 3.77. The van der Waals surface area contributed by atoms with Gasteiger partial charge in [0.2, 0.25) is 0 Å². The van der Waals surface area contributed by atoms with Gasteiger partial charge in [-0.05, 0) is 65.7 Å². The van der Waals surface area contributed by atoms with Crippen molar-refractivity contribution >= 4 is 43.9 Å².